The number of aromatic nitrogens is 3. The second-order valence-electron chi connectivity index (χ2n) is 12.0. The van der Waals surface area contributed by atoms with Crippen molar-refractivity contribution in [2.24, 2.45) is 0 Å². The molecule has 0 unspecified atom stereocenters. The van der Waals surface area contributed by atoms with E-state index in [4.69, 9.17) is 4.74 Å². The Balaban J connectivity index is 1.16. The van der Waals surface area contributed by atoms with Crippen molar-refractivity contribution in [2.75, 3.05) is 31.6 Å². The molecule has 1 fully saturated rings. The minimum Gasteiger partial charge on any atom is -0.465 e. The monoisotopic (exact) mass is 664 g/mol. The fourth-order valence-electron chi connectivity index (χ4n) is 5.95. The number of hydrogen-bond acceptors (Lipinski definition) is 6. The minimum atomic E-state index is -1.02. The third kappa shape index (κ3) is 9.20. The van der Waals surface area contributed by atoms with E-state index in [2.05, 4.69) is 20.7 Å². The van der Waals surface area contributed by atoms with E-state index < -0.39 is 35.4 Å². The summed E-state index contributed by atoms with van der Waals surface area (Å²) in [4.78, 5) is 30.5. The van der Waals surface area contributed by atoms with Crippen LogP contribution in [-0.2, 0) is 22.5 Å². The Morgan fingerprint density at radius 1 is 1.06 bits per heavy atom. The molecule has 2 atom stereocenters. The summed E-state index contributed by atoms with van der Waals surface area (Å²) in [6.45, 7) is 5.51. The smallest absolute Gasteiger partial charge is 0.407 e. The van der Waals surface area contributed by atoms with Gasteiger partial charge in [-0.1, -0.05) is 24.3 Å². The van der Waals surface area contributed by atoms with Crippen LogP contribution in [0, 0.1) is 31.3 Å². The number of nitrogens with one attached hydrogen (secondary N) is 2. The third-order valence-electron chi connectivity index (χ3n) is 8.49. The first-order chi connectivity index (χ1) is 23.0. The molecule has 3 heterocycles. The molecule has 0 radical (unpaired) electrons. The zero-order valence-corrected chi connectivity index (χ0v) is 26.8. The summed E-state index contributed by atoms with van der Waals surface area (Å²) in [6.07, 6.45) is 1.84. The number of amides is 2. The predicted molar refractivity (Wildman–Crippen MR) is 173 cm³/mol. The van der Waals surface area contributed by atoms with Gasteiger partial charge in [0.05, 0.1) is 43.0 Å². The minimum absolute atomic E-state index is 0.0567. The van der Waals surface area contributed by atoms with E-state index in [-0.39, 0.29) is 55.9 Å². The summed E-state index contributed by atoms with van der Waals surface area (Å²) in [5.41, 5.74) is 3.70. The van der Waals surface area contributed by atoms with E-state index in [1.807, 2.05) is 19.9 Å². The molecule has 2 aromatic heterocycles. The Bertz CT molecular complexity index is 1650. The second kappa shape index (κ2) is 15.9. The third-order valence-corrected chi connectivity index (χ3v) is 8.49. The Hall–Kier alpha value is -4.75. The fourth-order valence-corrected chi connectivity index (χ4v) is 5.95. The number of hydrogen-bond donors (Lipinski definition) is 3. The molecule has 254 valence electrons. The number of halogens is 3. The lowest BCUT2D eigenvalue weighted by Crippen LogP contribution is -2.53. The maximum Gasteiger partial charge on any atom is 0.407 e. The number of benzene rings is 2. The Kier molecular flexibility index (Phi) is 11.5. The van der Waals surface area contributed by atoms with Crippen LogP contribution in [0.4, 0.5) is 23.7 Å². The van der Waals surface area contributed by atoms with Crippen molar-refractivity contribution in [3.63, 3.8) is 0 Å². The number of carbonyl (C=O) groups is 2. The quantitative estimate of drug-likeness (QED) is 0.174. The maximum atomic E-state index is 15.0. The van der Waals surface area contributed by atoms with Crippen LogP contribution in [0.3, 0.4) is 0 Å². The van der Waals surface area contributed by atoms with Crippen LogP contribution in [0.1, 0.15) is 46.8 Å². The SMILES string of the molecule is Cc1cc(C)n(CCN(C[C@H]2CO[C@H](CCc3c(F)cncc3NC(=O)CC(c3ccc(F)cc3)c3ccc(F)cc3)CN2)C(=O)O)n1. The van der Waals surface area contributed by atoms with E-state index in [9.17, 15) is 23.5 Å². The number of carboxylic acid groups (broad SMARTS) is 1. The van der Waals surface area contributed by atoms with Gasteiger partial charge in [0.25, 0.3) is 0 Å². The molecule has 2 amide bonds. The van der Waals surface area contributed by atoms with Crippen LogP contribution in [0.2, 0.25) is 0 Å². The normalized spacial score (nSPS) is 16.2. The first-order valence-corrected chi connectivity index (χ1v) is 15.8. The molecule has 3 N–H and O–H groups in total. The van der Waals surface area contributed by atoms with Gasteiger partial charge < -0.3 is 25.4 Å². The van der Waals surface area contributed by atoms with Gasteiger partial charge in [-0.2, -0.15) is 5.10 Å². The van der Waals surface area contributed by atoms with Crippen molar-refractivity contribution in [3.05, 3.63) is 113 Å². The number of nitrogens with zero attached hydrogens (tertiary/aromatic N) is 4. The van der Waals surface area contributed by atoms with Gasteiger partial charge in [0, 0.05) is 49.3 Å². The number of pyridine rings is 1. The predicted octanol–water partition coefficient (Wildman–Crippen LogP) is 5.44. The van der Waals surface area contributed by atoms with E-state index in [0.717, 1.165) is 17.6 Å². The Morgan fingerprint density at radius 2 is 1.73 bits per heavy atom. The maximum absolute atomic E-state index is 15.0. The first-order valence-electron chi connectivity index (χ1n) is 15.8. The van der Waals surface area contributed by atoms with Gasteiger partial charge in [0.2, 0.25) is 5.91 Å². The second-order valence-corrected chi connectivity index (χ2v) is 12.0. The van der Waals surface area contributed by atoms with Crippen molar-refractivity contribution in [1.82, 2.24) is 25.0 Å². The summed E-state index contributed by atoms with van der Waals surface area (Å²) in [6, 6.07) is 13.3. The molecule has 2 aromatic carbocycles. The highest BCUT2D eigenvalue weighted by Crippen LogP contribution is 2.30. The Morgan fingerprint density at radius 3 is 2.29 bits per heavy atom. The highest BCUT2D eigenvalue weighted by molar-refractivity contribution is 5.92. The summed E-state index contributed by atoms with van der Waals surface area (Å²) < 4.78 is 50.1. The molecular formula is C35H39F3N6O4. The van der Waals surface area contributed by atoms with Gasteiger partial charge >= 0.3 is 6.09 Å². The van der Waals surface area contributed by atoms with Crippen LogP contribution >= 0.6 is 0 Å². The first kappa shape index (κ1) is 34.6. The largest absolute Gasteiger partial charge is 0.465 e. The van der Waals surface area contributed by atoms with Crippen molar-refractivity contribution in [2.45, 2.75) is 57.7 Å². The highest BCUT2D eigenvalue weighted by atomic mass is 19.1. The van der Waals surface area contributed by atoms with Crippen molar-refractivity contribution >= 4 is 17.7 Å². The van der Waals surface area contributed by atoms with E-state index in [1.165, 1.54) is 35.4 Å². The van der Waals surface area contributed by atoms with E-state index in [0.29, 0.717) is 30.6 Å². The number of ether oxygens (including phenoxy) is 1. The van der Waals surface area contributed by atoms with Gasteiger partial charge in [-0.25, -0.2) is 18.0 Å². The number of anilines is 1. The van der Waals surface area contributed by atoms with Gasteiger partial charge in [-0.05, 0) is 68.1 Å². The van der Waals surface area contributed by atoms with Gasteiger partial charge in [0.15, 0.2) is 0 Å². The number of rotatable bonds is 13. The molecule has 0 bridgehead atoms. The van der Waals surface area contributed by atoms with Gasteiger partial charge in [0.1, 0.15) is 17.5 Å². The molecule has 4 aromatic rings. The average molecular weight is 665 g/mol. The number of carbonyl (C=O) groups excluding carboxylic acids is 1. The van der Waals surface area contributed by atoms with Crippen LogP contribution in [0.25, 0.3) is 0 Å². The van der Waals surface area contributed by atoms with Crippen LogP contribution < -0.4 is 10.6 Å². The molecule has 10 nitrogen and oxygen atoms in total. The highest BCUT2D eigenvalue weighted by Gasteiger charge is 2.26. The van der Waals surface area contributed by atoms with Crippen LogP contribution in [-0.4, -0.2) is 75.2 Å². The summed E-state index contributed by atoms with van der Waals surface area (Å²) in [7, 11) is 0. The van der Waals surface area contributed by atoms with E-state index >= 15 is 4.39 Å². The lowest BCUT2D eigenvalue weighted by Gasteiger charge is -2.33. The molecule has 13 heteroatoms. The molecule has 0 saturated carbocycles. The Labute approximate surface area is 276 Å². The number of aryl methyl sites for hydroxylation is 2. The zero-order chi connectivity index (χ0) is 34.2. The summed E-state index contributed by atoms with van der Waals surface area (Å²) in [5.74, 6) is -2.32. The lowest BCUT2D eigenvalue weighted by atomic mass is 9.88. The number of morpholine rings is 1. The molecule has 0 aliphatic carbocycles. The van der Waals surface area contributed by atoms with Gasteiger partial charge in [-0.3, -0.25) is 14.5 Å². The van der Waals surface area contributed by atoms with Crippen molar-refractivity contribution < 1.29 is 32.6 Å². The van der Waals surface area contributed by atoms with Gasteiger partial charge in [-0.15, -0.1) is 0 Å². The molecule has 0 spiro atoms. The molecule has 5 rings (SSSR count). The average Bonchev–Trinajstić information content (AvgIpc) is 3.39. The molecule has 48 heavy (non-hydrogen) atoms. The topological polar surface area (TPSA) is 122 Å². The zero-order valence-electron chi connectivity index (χ0n) is 26.8. The molecular weight excluding hydrogens is 625 g/mol. The molecule has 1 aliphatic heterocycles. The summed E-state index contributed by atoms with van der Waals surface area (Å²) >= 11 is 0. The van der Waals surface area contributed by atoms with Crippen molar-refractivity contribution in [1.29, 1.82) is 0 Å². The molecule has 1 aliphatic rings. The fraction of sp³-hybridized carbons (Fsp3) is 0.371. The standard InChI is InChI=1S/C35H39F3N6O4/c1-22-15-23(2)44(42-22)14-13-43(35(46)47)20-28-21-48-29(17-40-28)11-12-30-32(38)18-39-19-33(30)41-34(45)16-31(24-3-7-26(36)8-4-24)25-5-9-27(37)10-6-25/h3-10,15,18-19,28-29,31,40H,11-14,16-17,20-21H2,1-2H3,(H,41,45)(H,46,47)/t28-,29+/m0/s1. The van der Waals surface area contributed by atoms with Crippen LogP contribution in [0.5, 0.6) is 0 Å². The summed E-state index contributed by atoms with van der Waals surface area (Å²) in [5, 5.41) is 20.3. The van der Waals surface area contributed by atoms with E-state index in [1.54, 1.807) is 28.9 Å². The molecule has 1 saturated heterocycles. The van der Waals surface area contributed by atoms with Crippen LogP contribution in [0.15, 0.2) is 67.0 Å². The lowest BCUT2D eigenvalue weighted by molar-refractivity contribution is -0.116. The van der Waals surface area contributed by atoms with Crippen molar-refractivity contribution in [3.8, 4) is 0 Å².